The normalized spacial score (nSPS) is 15.8. The van der Waals surface area contributed by atoms with Crippen LogP contribution in [0.15, 0.2) is 35.2 Å². The van der Waals surface area contributed by atoms with E-state index < -0.39 is 10.0 Å². The lowest BCUT2D eigenvalue weighted by Gasteiger charge is -2.26. The Kier molecular flexibility index (Phi) is 5.79. The Morgan fingerprint density at radius 2 is 1.88 bits per heavy atom. The molecule has 1 aliphatic rings. The van der Waals surface area contributed by atoms with Crippen LogP contribution in [0.4, 0.5) is 5.69 Å². The van der Waals surface area contributed by atoms with Gasteiger partial charge in [0.2, 0.25) is 10.0 Å². The molecule has 1 aliphatic heterocycles. The number of hydrogen-bond acceptors (Lipinski definition) is 4. The third-order valence-corrected chi connectivity index (χ3v) is 7.97. The van der Waals surface area contributed by atoms with Crippen LogP contribution >= 0.6 is 11.3 Å². The molecule has 140 valence electrons. The zero-order chi connectivity index (χ0) is 18.7. The van der Waals surface area contributed by atoms with Crippen LogP contribution in [-0.2, 0) is 16.4 Å². The van der Waals surface area contributed by atoms with Gasteiger partial charge in [0.05, 0.1) is 10.6 Å². The highest BCUT2D eigenvalue weighted by Crippen LogP contribution is 2.28. The van der Waals surface area contributed by atoms with Crippen LogP contribution in [0, 0.1) is 6.92 Å². The number of hydrogen-bond donors (Lipinski definition) is 1. The summed E-state index contributed by atoms with van der Waals surface area (Å²) in [6.07, 6.45) is 3.69. The van der Waals surface area contributed by atoms with Crippen molar-refractivity contribution in [3.05, 3.63) is 45.6 Å². The minimum Gasteiger partial charge on any atom is -0.320 e. The number of rotatable bonds is 5. The van der Waals surface area contributed by atoms with Gasteiger partial charge in [-0.3, -0.25) is 4.79 Å². The van der Waals surface area contributed by atoms with Crippen molar-refractivity contribution in [3.8, 4) is 0 Å². The number of para-hydroxylation sites is 1. The molecular weight excluding hydrogens is 368 g/mol. The van der Waals surface area contributed by atoms with E-state index in [2.05, 4.69) is 12.2 Å². The summed E-state index contributed by atoms with van der Waals surface area (Å²) < 4.78 is 27.5. The van der Waals surface area contributed by atoms with E-state index in [0.717, 1.165) is 31.2 Å². The van der Waals surface area contributed by atoms with Gasteiger partial charge in [-0.2, -0.15) is 4.31 Å². The van der Waals surface area contributed by atoms with Gasteiger partial charge in [-0.1, -0.05) is 25.5 Å². The Morgan fingerprint density at radius 3 is 2.54 bits per heavy atom. The van der Waals surface area contributed by atoms with Crippen LogP contribution in [0.2, 0.25) is 0 Å². The van der Waals surface area contributed by atoms with E-state index in [0.29, 0.717) is 23.7 Å². The van der Waals surface area contributed by atoms with E-state index in [1.807, 2.05) is 13.0 Å². The van der Waals surface area contributed by atoms with Crippen molar-refractivity contribution in [2.45, 2.75) is 44.4 Å². The van der Waals surface area contributed by atoms with Crippen LogP contribution in [0.3, 0.4) is 0 Å². The summed E-state index contributed by atoms with van der Waals surface area (Å²) >= 11 is 1.46. The van der Waals surface area contributed by atoms with Crippen molar-refractivity contribution in [1.82, 2.24) is 4.31 Å². The third-order valence-electron chi connectivity index (χ3n) is 4.63. The average Bonchev–Trinajstić information content (AvgIpc) is 3.04. The molecule has 2 heterocycles. The number of aryl methyl sites for hydroxylation is 2. The second-order valence-electron chi connectivity index (χ2n) is 6.49. The highest BCUT2D eigenvalue weighted by molar-refractivity contribution is 7.89. The molecule has 0 unspecified atom stereocenters. The van der Waals surface area contributed by atoms with Gasteiger partial charge < -0.3 is 5.32 Å². The first-order chi connectivity index (χ1) is 12.4. The lowest BCUT2D eigenvalue weighted by molar-refractivity contribution is 0.103. The molecule has 0 radical (unpaired) electrons. The summed E-state index contributed by atoms with van der Waals surface area (Å²) in [7, 11) is -3.61. The highest BCUT2D eigenvalue weighted by atomic mass is 32.2. The lowest BCUT2D eigenvalue weighted by Crippen LogP contribution is -2.36. The van der Waals surface area contributed by atoms with Crippen molar-refractivity contribution >= 4 is 33.0 Å². The molecular formula is C19H24N2O3S2. The van der Waals surface area contributed by atoms with Crippen molar-refractivity contribution in [1.29, 1.82) is 0 Å². The zero-order valence-electron chi connectivity index (χ0n) is 15.1. The van der Waals surface area contributed by atoms with Crippen molar-refractivity contribution < 1.29 is 13.2 Å². The van der Waals surface area contributed by atoms with Crippen molar-refractivity contribution in [2.24, 2.45) is 0 Å². The van der Waals surface area contributed by atoms with E-state index in [1.165, 1.54) is 20.5 Å². The molecule has 0 bridgehead atoms. The van der Waals surface area contributed by atoms with Gasteiger partial charge in [0.1, 0.15) is 4.90 Å². The molecule has 2 aromatic rings. The largest absolute Gasteiger partial charge is 0.320 e. The average molecular weight is 393 g/mol. The van der Waals surface area contributed by atoms with Crippen LogP contribution in [0.25, 0.3) is 0 Å². The Morgan fingerprint density at radius 1 is 1.19 bits per heavy atom. The van der Waals surface area contributed by atoms with Crippen LogP contribution in [-0.4, -0.2) is 31.7 Å². The van der Waals surface area contributed by atoms with E-state index >= 15 is 0 Å². The molecule has 5 nitrogen and oxygen atoms in total. The molecule has 0 atom stereocenters. The molecule has 26 heavy (non-hydrogen) atoms. The summed E-state index contributed by atoms with van der Waals surface area (Å²) in [5.41, 5.74) is 1.43. The number of amides is 1. The number of sulfonamides is 1. The monoisotopic (exact) mass is 392 g/mol. The molecule has 0 spiro atoms. The number of piperidine rings is 1. The minimum absolute atomic E-state index is 0.166. The van der Waals surface area contributed by atoms with Gasteiger partial charge in [0, 0.05) is 18.0 Å². The third kappa shape index (κ3) is 3.84. The predicted octanol–water partition coefficient (Wildman–Crippen LogP) is 4.05. The number of carbonyl (C=O) groups excluding carboxylic acids is 1. The van der Waals surface area contributed by atoms with E-state index in [9.17, 15) is 13.2 Å². The quantitative estimate of drug-likeness (QED) is 0.835. The summed E-state index contributed by atoms with van der Waals surface area (Å²) in [6, 6.07) is 8.51. The first kappa shape index (κ1) is 19.1. The molecule has 7 heteroatoms. The van der Waals surface area contributed by atoms with Crippen LogP contribution < -0.4 is 5.32 Å². The number of thiophene rings is 1. The number of carbonyl (C=O) groups is 1. The first-order valence-corrected chi connectivity index (χ1v) is 11.2. The zero-order valence-corrected chi connectivity index (χ0v) is 16.8. The molecule has 1 amide bonds. The molecule has 0 aliphatic carbocycles. The maximum absolute atomic E-state index is 13.0. The van der Waals surface area contributed by atoms with Gasteiger partial charge in [-0.25, -0.2) is 8.42 Å². The number of nitrogens with zero attached hydrogens (tertiary/aromatic N) is 1. The van der Waals surface area contributed by atoms with Gasteiger partial charge in [-0.05, 0) is 49.9 Å². The Bertz CT molecular complexity index is 897. The Labute approximate surface area is 159 Å². The smallest absolute Gasteiger partial charge is 0.265 e. The maximum Gasteiger partial charge on any atom is 0.265 e. The number of nitrogens with one attached hydrogen (secondary N) is 1. The fraction of sp³-hybridized carbons (Fsp3) is 0.421. The number of benzene rings is 1. The van der Waals surface area contributed by atoms with E-state index in [-0.39, 0.29) is 10.8 Å². The Balaban J connectivity index is 1.88. The lowest BCUT2D eigenvalue weighted by atomic mass is 10.2. The van der Waals surface area contributed by atoms with E-state index in [1.54, 1.807) is 24.3 Å². The van der Waals surface area contributed by atoms with E-state index in [4.69, 9.17) is 0 Å². The number of anilines is 1. The first-order valence-electron chi connectivity index (χ1n) is 8.93. The standard InChI is InChI=1S/C19H24N2O3S2/c1-3-16-14(2)13-17(25-16)19(22)20-15-9-5-6-10-18(15)26(23,24)21-11-7-4-8-12-21/h5-6,9-10,13H,3-4,7-8,11-12H2,1-2H3,(H,20,22). The topological polar surface area (TPSA) is 66.5 Å². The molecule has 1 aromatic carbocycles. The maximum atomic E-state index is 13.0. The predicted molar refractivity (Wildman–Crippen MR) is 105 cm³/mol. The van der Waals surface area contributed by atoms with Crippen LogP contribution in [0.1, 0.15) is 46.3 Å². The molecule has 1 N–H and O–H groups in total. The second kappa shape index (κ2) is 7.90. The van der Waals surface area contributed by atoms with Gasteiger partial charge in [0.15, 0.2) is 0 Å². The fourth-order valence-corrected chi connectivity index (χ4v) is 5.88. The van der Waals surface area contributed by atoms with Crippen molar-refractivity contribution in [3.63, 3.8) is 0 Å². The minimum atomic E-state index is -3.61. The molecule has 0 saturated carbocycles. The van der Waals surface area contributed by atoms with Gasteiger partial charge in [0.25, 0.3) is 5.91 Å². The summed E-state index contributed by atoms with van der Waals surface area (Å²) in [5, 5.41) is 2.80. The second-order valence-corrected chi connectivity index (χ2v) is 9.53. The highest BCUT2D eigenvalue weighted by Gasteiger charge is 2.28. The molecule has 3 rings (SSSR count). The summed E-state index contributed by atoms with van der Waals surface area (Å²) in [4.78, 5) is 14.6. The summed E-state index contributed by atoms with van der Waals surface area (Å²) in [6.45, 7) is 5.12. The van der Waals surface area contributed by atoms with Gasteiger partial charge >= 0.3 is 0 Å². The molecule has 1 aromatic heterocycles. The SMILES string of the molecule is CCc1sc(C(=O)Nc2ccccc2S(=O)(=O)N2CCCCC2)cc1C. The summed E-state index contributed by atoms with van der Waals surface area (Å²) in [5.74, 6) is -0.265. The van der Waals surface area contributed by atoms with Crippen LogP contribution in [0.5, 0.6) is 0 Å². The molecule has 1 saturated heterocycles. The fourth-order valence-electron chi connectivity index (χ4n) is 3.21. The van der Waals surface area contributed by atoms with Crippen molar-refractivity contribution in [2.75, 3.05) is 18.4 Å². The van der Waals surface area contributed by atoms with Gasteiger partial charge in [-0.15, -0.1) is 11.3 Å². The Hall–Kier alpha value is -1.70. The molecule has 1 fully saturated rings.